The molecule has 6 nitrogen and oxygen atoms in total. The first-order chi connectivity index (χ1) is 13.9. The Labute approximate surface area is 173 Å². The van der Waals surface area contributed by atoms with Gasteiger partial charge < -0.3 is 15.4 Å². The summed E-state index contributed by atoms with van der Waals surface area (Å²) in [5.41, 5.74) is 3.97. The van der Waals surface area contributed by atoms with Crippen LogP contribution in [0.25, 0.3) is 16.3 Å². The number of hydrogen-bond donors (Lipinski definition) is 2. The molecule has 0 radical (unpaired) electrons. The highest BCUT2D eigenvalue weighted by Gasteiger charge is 2.17. The summed E-state index contributed by atoms with van der Waals surface area (Å²) in [6, 6.07) is 10.7. The average Bonchev–Trinajstić information content (AvgIpc) is 3.09. The van der Waals surface area contributed by atoms with E-state index in [1.54, 1.807) is 20.1 Å². The normalized spacial score (nSPS) is 12.1. The van der Waals surface area contributed by atoms with Crippen molar-refractivity contribution in [3.05, 3.63) is 59.2 Å². The van der Waals surface area contributed by atoms with Crippen molar-refractivity contribution in [2.24, 2.45) is 0 Å². The molecule has 3 rings (SSSR count). The van der Waals surface area contributed by atoms with Gasteiger partial charge in [-0.2, -0.15) is 0 Å². The summed E-state index contributed by atoms with van der Waals surface area (Å²) in [6.45, 7) is 5.66. The molecular formula is C22H23N3O3S. The number of aryl methyl sites for hydroxylation is 2. The fourth-order valence-corrected chi connectivity index (χ4v) is 3.90. The van der Waals surface area contributed by atoms with E-state index in [1.807, 2.05) is 44.2 Å². The minimum Gasteiger partial charge on any atom is -0.497 e. The zero-order chi connectivity index (χ0) is 21.0. The maximum Gasteiger partial charge on any atom is 0.248 e. The molecule has 29 heavy (non-hydrogen) atoms. The summed E-state index contributed by atoms with van der Waals surface area (Å²) in [7, 11) is 1.60. The molecule has 2 aromatic carbocycles. The average molecular weight is 410 g/mol. The Morgan fingerprint density at radius 2 is 1.90 bits per heavy atom. The molecule has 0 saturated carbocycles. The second-order valence-corrected chi connectivity index (χ2v) is 7.80. The Kier molecular flexibility index (Phi) is 6.29. The largest absolute Gasteiger partial charge is 0.497 e. The maximum atomic E-state index is 12.4. The summed E-state index contributed by atoms with van der Waals surface area (Å²) in [4.78, 5) is 29.0. The van der Waals surface area contributed by atoms with Gasteiger partial charge in [-0.3, -0.25) is 9.59 Å². The van der Waals surface area contributed by atoms with E-state index < -0.39 is 6.04 Å². The number of ether oxygens (including phenoxy) is 1. The molecule has 0 aliphatic carbocycles. The molecule has 0 saturated heterocycles. The molecular weight excluding hydrogens is 386 g/mol. The Balaban J connectivity index is 1.59. The Bertz CT molecular complexity index is 1070. The quantitative estimate of drug-likeness (QED) is 0.601. The fraction of sp³-hybridized carbons (Fsp3) is 0.227. The second-order valence-electron chi connectivity index (χ2n) is 6.77. The number of fused-ring (bicyclic) bond motifs is 1. The molecule has 0 bridgehead atoms. The number of rotatable bonds is 6. The SMILES string of the molecule is COc1ccc(/C=C/C(=O)NC(C)C(=O)Nc2nc3c(C)cc(C)cc3s2)cc1. The van der Waals surface area contributed by atoms with Crippen LogP contribution < -0.4 is 15.4 Å². The van der Waals surface area contributed by atoms with Crippen LogP contribution in [0.5, 0.6) is 5.75 Å². The van der Waals surface area contributed by atoms with E-state index in [1.165, 1.54) is 17.4 Å². The first-order valence-corrected chi connectivity index (χ1v) is 9.98. The molecule has 1 atom stereocenters. The van der Waals surface area contributed by atoms with Crippen molar-refractivity contribution in [2.45, 2.75) is 26.8 Å². The molecule has 0 fully saturated rings. The fourth-order valence-electron chi connectivity index (χ4n) is 2.85. The van der Waals surface area contributed by atoms with Gasteiger partial charge in [0, 0.05) is 6.08 Å². The van der Waals surface area contributed by atoms with Gasteiger partial charge in [-0.25, -0.2) is 4.98 Å². The van der Waals surface area contributed by atoms with Crippen molar-refractivity contribution in [3.63, 3.8) is 0 Å². The molecule has 3 aromatic rings. The van der Waals surface area contributed by atoms with E-state index in [4.69, 9.17) is 4.74 Å². The number of methoxy groups -OCH3 is 1. The van der Waals surface area contributed by atoms with E-state index in [-0.39, 0.29) is 11.8 Å². The van der Waals surface area contributed by atoms with E-state index in [0.717, 1.165) is 32.7 Å². The zero-order valence-corrected chi connectivity index (χ0v) is 17.6. The van der Waals surface area contributed by atoms with E-state index in [2.05, 4.69) is 21.7 Å². The van der Waals surface area contributed by atoms with Crippen LogP contribution in [0.15, 0.2) is 42.5 Å². The predicted octanol–water partition coefficient (Wildman–Crippen LogP) is 4.08. The van der Waals surface area contributed by atoms with Crippen molar-refractivity contribution < 1.29 is 14.3 Å². The van der Waals surface area contributed by atoms with Crippen molar-refractivity contribution >= 4 is 44.6 Å². The third-order valence-electron chi connectivity index (χ3n) is 4.35. The third kappa shape index (κ3) is 5.20. The first-order valence-electron chi connectivity index (χ1n) is 9.17. The van der Waals surface area contributed by atoms with Crippen molar-refractivity contribution in [2.75, 3.05) is 12.4 Å². The van der Waals surface area contributed by atoms with Gasteiger partial charge in [-0.15, -0.1) is 0 Å². The smallest absolute Gasteiger partial charge is 0.248 e. The van der Waals surface area contributed by atoms with Gasteiger partial charge in [0.25, 0.3) is 0 Å². The molecule has 0 spiro atoms. The lowest BCUT2D eigenvalue weighted by Crippen LogP contribution is -2.40. The van der Waals surface area contributed by atoms with Gasteiger partial charge in [0.05, 0.1) is 17.3 Å². The van der Waals surface area contributed by atoms with Crippen molar-refractivity contribution in [1.82, 2.24) is 10.3 Å². The number of anilines is 1. The zero-order valence-electron chi connectivity index (χ0n) is 16.8. The number of carbonyl (C=O) groups excluding carboxylic acids is 2. The lowest BCUT2D eigenvalue weighted by atomic mass is 10.1. The number of nitrogens with one attached hydrogen (secondary N) is 2. The van der Waals surface area contributed by atoms with Gasteiger partial charge in [0.15, 0.2) is 5.13 Å². The number of aromatic nitrogens is 1. The number of amides is 2. The molecule has 2 N–H and O–H groups in total. The number of carbonyl (C=O) groups is 2. The van der Waals surface area contributed by atoms with Crippen LogP contribution in [0.4, 0.5) is 5.13 Å². The summed E-state index contributed by atoms with van der Waals surface area (Å²) >= 11 is 1.42. The van der Waals surface area contributed by atoms with Crippen LogP contribution in [-0.4, -0.2) is 29.9 Å². The lowest BCUT2D eigenvalue weighted by Gasteiger charge is -2.11. The molecule has 1 aromatic heterocycles. The number of nitrogens with zero attached hydrogens (tertiary/aromatic N) is 1. The monoisotopic (exact) mass is 409 g/mol. The molecule has 0 aliphatic heterocycles. The minimum absolute atomic E-state index is 0.315. The molecule has 1 unspecified atom stereocenters. The van der Waals surface area contributed by atoms with E-state index in [0.29, 0.717) is 5.13 Å². The number of hydrogen-bond acceptors (Lipinski definition) is 5. The number of thiazole rings is 1. The Morgan fingerprint density at radius 3 is 2.59 bits per heavy atom. The maximum absolute atomic E-state index is 12.4. The summed E-state index contributed by atoms with van der Waals surface area (Å²) in [5, 5.41) is 5.97. The van der Waals surface area contributed by atoms with Crippen LogP contribution in [0.2, 0.25) is 0 Å². The highest BCUT2D eigenvalue weighted by molar-refractivity contribution is 7.22. The van der Waals surface area contributed by atoms with Crippen LogP contribution in [-0.2, 0) is 9.59 Å². The van der Waals surface area contributed by atoms with Gasteiger partial charge in [0.2, 0.25) is 11.8 Å². The summed E-state index contributed by atoms with van der Waals surface area (Å²) in [5.74, 6) is 0.0842. The Hall–Kier alpha value is -3.19. The van der Waals surface area contributed by atoms with Gasteiger partial charge in [0.1, 0.15) is 11.8 Å². The van der Waals surface area contributed by atoms with Crippen LogP contribution in [0.3, 0.4) is 0 Å². The van der Waals surface area contributed by atoms with Gasteiger partial charge in [-0.05, 0) is 61.7 Å². The lowest BCUT2D eigenvalue weighted by molar-refractivity contribution is -0.123. The van der Waals surface area contributed by atoms with E-state index >= 15 is 0 Å². The molecule has 0 aliphatic rings. The second kappa shape index (κ2) is 8.87. The third-order valence-corrected chi connectivity index (χ3v) is 5.27. The molecule has 7 heteroatoms. The predicted molar refractivity (Wildman–Crippen MR) is 117 cm³/mol. The molecule has 1 heterocycles. The van der Waals surface area contributed by atoms with Gasteiger partial charge in [-0.1, -0.05) is 29.5 Å². The Morgan fingerprint density at radius 1 is 1.17 bits per heavy atom. The van der Waals surface area contributed by atoms with E-state index in [9.17, 15) is 9.59 Å². The van der Waals surface area contributed by atoms with Crippen LogP contribution in [0, 0.1) is 13.8 Å². The van der Waals surface area contributed by atoms with Gasteiger partial charge >= 0.3 is 0 Å². The number of benzene rings is 2. The summed E-state index contributed by atoms with van der Waals surface area (Å²) < 4.78 is 6.13. The standard InChI is InChI=1S/C22H23N3O3S/c1-13-11-14(2)20-18(12-13)29-22(24-20)25-21(27)15(3)23-19(26)10-7-16-5-8-17(28-4)9-6-16/h5-12,15H,1-4H3,(H,23,26)(H,24,25,27)/b10-7+. The minimum atomic E-state index is -0.696. The highest BCUT2D eigenvalue weighted by atomic mass is 32.1. The van der Waals surface area contributed by atoms with Crippen LogP contribution >= 0.6 is 11.3 Å². The topological polar surface area (TPSA) is 80.3 Å². The molecule has 2 amide bonds. The molecule has 150 valence electrons. The first kappa shape index (κ1) is 20.5. The summed E-state index contributed by atoms with van der Waals surface area (Å²) in [6.07, 6.45) is 3.08. The van der Waals surface area contributed by atoms with Crippen LogP contribution in [0.1, 0.15) is 23.6 Å². The van der Waals surface area contributed by atoms with Crippen molar-refractivity contribution in [3.8, 4) is 5.75 Å². The highest BCUT2D eigenvalue weighted by Crippen LogP contribution is 2.29. The van der Waals surface area contributed by atoms with Crippen molar-refractivity contribution in [1.29, 1.82) is 0 Å².